The Morgan fingerprint density at radius 1 is 1.45 bits per heavy atom. The number of allylic oxidation sites excluding steroid dienone is 2. The highest BCUT2D eigenvalue weighted by Gasteiger charge is 2.51. The van der Waals surface area contributed by atoms with Gasteiger partial charge in [-0.05, 0) is 39.8 Å². The summed E-state index contributed by atoms with van der Waals surface area (Å²) in [5.41, 5.74) is -1.74. The topological polar surface area (TPSA) is 148 Å². The molecule has 1 saturated heterocycles. The number of nitrogens with zero attached hydrogens (tertiary/aromatic N) is 3. The van der Waals surface area contributed by atoms with E-state index in [1.165, 1.54) is 32.9 Å². The van der Waals surface area contributed by atoms with Gasteiger partial charge in [-0.2, -0.15) is 5.26 Å². The van der Waals surface area contributed by atoms with Gasteiger partial charge >= 0.3 is 0 Å². The lowest BCUT2D eigenvalue weighted by molar-refractivity contribution is -0.112. The summed E-state index contributed by atoms with van der Waals surface area (Å²) in [6.45, 7) is 9.23. The molecule has 1 aromatic heterocycles. The van der Waals surface area contributed by atoms with E-state index in [1.54, 1.807) is 13.0 Å². The Hall–Kier alpha value is -3.39. The van der Waals surface area contributed by atoms with Crippen LogP contribution in [0.15, 0.2) is 41.1 Å². The van der Waals surface area contributed by atoms with Gasteiger partial charge in [-0.15, -0.1) is 0 Å². The number of hydrogen-bond acceptors (Lipinski definition) is 7. The Morgan fingerprint density at radius 2 is 2.10 bits per heavy atom. The highest BCUT2D eigenvalue weighted by molar-refractivity contribution is 7.93. The molecule has 2 heterocycles. The third-order valence-corrected chi connectivity index (χ3v) is 7.60. The lowest BCUT2D eigenvalue weighted by atomic mass is 9.96. The molecule has 1 amide bonds. The van der Waals surface area contributed by atoms with Gasteiger partial charge in [-0.1, -0.05) is 12.7 Å². The Kier molecular flexibility index (Phi) is 6.46. The highest BCUT2D eigenvalue weighted by Crippen LogP contribution is 2.34. The van der Waals surface area contributed by atoms with Gasteiger partial charge in [0.2, 0.25) is 0 Å². The standard InChI is InChI=1S/C20H23FN6O3S/c1-6-14(24-10-12(2)9-22)17(28)26-15-8-7-13(21)16(25-15)20(5)11-31(29,30)19(3,4)18(23)27-20/h6-8,10H,2,11H2,1,3-5H3,(H2,23,27)(H,25,26,28)/b14-6-,24-10-/t20-/m0/s1. The van der Waals surface area contributed by atoms with Crippen molar-refractivity contribution in [3.63, 3.8) is 0 Å². The number of halogens is 1. The molecule has 0 bridgehead atoms. The first-order valence-electron chi connectivity index (χ1n) is 9.14. The zero-order valence-corrected chi connectivity index (χ0v) is 18.4. The molecule has 0 aliphatic carbocycles. The summed E-state index contributed by atoms with van der Waals surface area (Å²) in [7, 11) is -3.80. The largest absolute Gasteiger partial charge is 0.361 e. The van der Waals surface area contributed by atoms with Crippen molar-refractivity contribution in [3.05, 3.63) is 47.6 Å². The van der Waals surface area contributed by atoms with E-state index in [2.05, 4.69) is 27.2 Å². The predicted molar refractivity (Wildman–Crippen MR) is 116 cm³/mol. The third-order valence-electron chi connectivity index (χ3n) is 4.88. The van der Waals surface area contributed by atoms with Gasteiger partial charge in [-0.25, -0.2) is 17.8 Å². The Morgan fingerprint density at radius 3 is 2.65 bits per heavy atom. The maximum atomic E-state index is 14.6. The molecule has 3 N–H and O–H groups in total. The molecule has 1 aliphatic rings. The van der Waals surface area contributed by atoms with Crippen molar-refractivity contribution in [1.82, 2.24) is 10.3 Å². The smallest absolute Gasteiger partial charge is 0.275 e. The molecule has 1 atom stereocenters. The van der Waals surface area contributed by atoms with Gasteiger partial charge in [0.1, 0.15) is 39.7 Å². The second-order valence-corrected chi connectivity index (χ2v) is 10.2. The molecule has 1 aliphatic heterocycles. The average molecular weight is 447 g/mol. The number of pyridine rings is 1. The summed E-state index contributed by atoms with van der Waals surface area (Å²) < 4.78 is 38.6. The van der Waals surface area contributed by atoms with E-state index in [9.17, 15) is 17.6 Å². The third kappa shape index (κ3) is 4.69. The lowest BCUT2D eigenvalue weighted by Crippen LogP contribution is -2.64. The minimum Gasteiger partial charge on any atom is -0.361 e. The molecule has 0 spiro atoms. The van der Waals surface area contributed by atoms with E-state index < -0.39 is 37.6 Å². The first-order valence-corrected chi connectivity index (χ1v) is 10.8. The molecule has 164 valence electrons. The number of rotatable bonds is 5. The van der Waals surface area contributed by atoms with Crippen LogP contribution in [-0.4, -0.2) is 41.9 Å². The number of nitriles is 1. The number of sulfone groups is 1. The molecule has 0 radical (unpaired) electrons. The van der Waals surface area contributed by atoms with E-state index in [0.29, 0.717) is 0 Å². The van der Waals surface area contributed by atoms with Crippen LogP contribution in [-0.2, 0) is 20.2 Å². The van der Waals surface area contributed by atoms with Crippen LogP contribution in [0.3, 0.4) is 0 Å². The van der Waals surface area contributed by atoms with Crippen molar-refractivity contribution in [2.75, 3.05) is 11.1 Å². The maximum Gasteiger partial charge on any atom is 0.275 e. The molecule has 1 fully saturated rings. The quantitative estimate of drug-likeness (QED) is 0.359. The van der Waals surface area contributed by atoms with Crippen LogP contribution in [0.1, 0.15) is 33.4 Å². The molecule has 11 heteroatoms. The summed E-state index contributed by atoms with van der Waals surface area (Å²) in [5.74, 6) is -2.26. The molecule has 0 aromatic carbocycles. The second-order valence-electron chi connectivity index (χ2n) is 7.65. The van der Waals surface area contributed by atoms with Crippen LogP contribution in [0.25, 0.3) is 0 Å². The van der Waals surface area contributed by atoms with Crippen LogP contribution in [0, 0.1) is 22.6 Å². The number of hydrogen-bond donors (Lipinski definition) is 3. The Bertz CT molecular complexity index is 1160. The Balaban J connectivity index is 2.38. The van der Waals surface area contributed by atoms with Crippen LogP contribution in [0.4, 0.5) is 10.2 Å². The molecule has 9 nitrogen and oxygen atoms in total. The first kappa shape index (κ1) is 23.9. The lowest BCUT2D eigenvalue weighted by Gasteiger charge is -2.42. The monoisotopic (exact) mass is 446 g/mol. The normalized spacial score (nSPS) is 22.5. The van der Waals surface area contributed by atoms with Gasteiger partial charge in [0.25, 0.3) is 5.91 Å². The van der Waals surface area contributed by atoms with Crippen LogP contribution >= 0.6 is 0 Å². The number of carbonyl (C=O) groups excluding carboxylic acids is 1. The molecule has 2 rings (SSSR count). The molecular weight excluding hydrogens is 423 g/mol. The number of carbonyl (C=O) groups is 1. The average Bonchev–Trinajstić information content (AvgIpc) is 2.67. The molecular formula is C20H23FN6O3S. The summed E-state index contributed by atoms with van der Waals surface area (Å²) in [6.07, 6.45) is 2.53. The zero-order chi connectivity index (χ0) is 23.6. The number of nitrogens with one attached hydrogen (secondary N) is 3. The number of aromatic nitrogens is 1. The van der Waals surface area contributed by atoms with Gasteiger partial charge in [0, 0.05) is 6.21 Å². The molecule has 0 saturated carbocycles. The van der Waals surface area contributed by atoms with Crippen molar-refractivity contribution in [2.24, 2.45) is 4.99 Å². The minimum atomic E-state index is -3.80. The van der Waals surface area contributed by atoms with Gasteiger partial charge in [-0.3, -0.25) is 15.2 Å². The summed E-state index contributed by atoms with van der Waals surface area (Å²) in [4.78, 5) is 20.4. The van der Waals surface area contributed by atoms with Gasteiger partial charge in [0.15, 0.2) is 9.84 Å². The van der Waals surface area contributed by atoms with Gasteiger partial charge in [0.05, 0.1) is 16.9 Å². The van der Waals surface area contributed by atoms with E-state index in [4.69, 9.17) is 10.7 Å². The van der Waals surface area contributed by atoms with Crippen molar-refractivity contribution in [3.8, 4) is 6.07 Å². The van der Waals surface area contributed by atoms with E-state index in [-0.39, 0.29) is 28.6 Å². The fourth-order valence-corrected chi connectivity index (χ4v) is 4.52. The minimum absolute atomic E-state index is 0.0304. The fourth-order valence-electron chi connectivity index (χ4n) is 2.83. The van der Waals surface area contributed by atoms with Crippen LogP contribution in [0.5, 0.6) is 0 Å². The van der Waals surface area contributed by atoms with Crippen molar-refractivity contribution < 1.29 is 17.6 Å². The van der Waals surface area contributed by atoms with Crippen molar-refractivity contribution in [2.45, 2.75) is 38.0 Å². The molecule has 1 aromatic rings. The molecule has 0 unspecified atom stereocenters. The van der Waals surface area contributed by atoms with Crippen LogP contribution < -0.4 is 10.6 Å². The number of amidine groups is 1. The van der Waals surface area contributed by atoms with Crippen molar-refractivity contribution >= 4 is 33.6 Å². The van der Waals surface area contributed by atoms with E-state index in [0.717, 1.165) is 12.3 Å². The zero-order valence-electron chi connectivity index (χ0n) is 17.6. The maximum absolute atomic E-state index is 14.6. The summed E-state index contributed by atoms with van der Waals surface area (Å²) in [5, 5.41) is 22.0. The highest BCUT2D eigenvalue weighted by atomic mass is 32.2. The van der Waals surface area contributed by atoms with Crippen LogP contribution in [0.2, 0.25) is 0 Å². The summed E-state index contributed by atoms with van der Waals surface area (Å²) >= 11 is 0. The van der Waals surface area contributed by atoms with Crippen molar-refractivity contribution in [1.29, 1.82) is 10.7 Å². The van der Waals surface area contributed by atoms with E-state index >= 15 is 0 Å². The number of aliphatic imine (C=N–C) groups is 1. The predicted octanol–water partition coefficient (Wildman–Crippen LogP) is 2.20. The van der Waals surface area contributed by atoms with Gasteiger partial charge < -0.3 is 10.6 Å². The van der Waals surface area contributed by atoms with E-state index in [1.807, 2.05) is 0 Å². The number of amides is 1. The Labute approximate surface area is 180 Å². The second kappa shape index (κ2) is 8.39. The molecule has 31 heavy (non-hydrogen) atoms. The fraction of sp³-hybridized carbons (Fsp3) is 0.350. The first-order chi connectivity index (χ1) is 14.3. The summed E-state index contributed by atoms with van der Waals surface area (Å²) in [6, 6.07) is 4.05. The number of anilines is 1. The SMILES string of the molecule is C=C(C#N)/C=N\C(=C/C)C(=O)Nc1ccc(F)c([C@]2(C)CS(=O)(=O)C(C)(C)C(=N)N2)n1.